The topological polar surface area (TPSA) is 85.9 Å². The molecule has 0 spiro atoms. The fourth-order valence-corrected chi connectivity index (χ4v) is 1.91. The number of halogens is 1. The van der Waals surface area contributed by atoms with Crippen molar-refractivity contribution in [2.75, 3.05) is 0 Å². The number of hydrogen-bond acceptors (Lipinski definition) is 5. The summed E-state index contributed by atoms with van der Waals surface area (Å²) in [6.07, 6.45) is 1.57. The Kier molecular flexibility index (Phi) is 4.04. The Bertz CT molecular complexity index is 628. The molecule has 1 heterocycles. The average molecular weight is 279 g/mol. The van der Waals surface area contributed by atoms with Crippen LogP contribution in [0.5, 0.6) is 0 Å². The minimum absolute atomic E-state index is 0.107. The van der Waals surface area contributed by atoms with Gasteiger partial charge in [-0.3, -0.25) is 10.1 Å². The van der Waals surface area contributed by atoms with Gasteiger partial charge >= 0.3 is 0 Å². The first-order chi connectivity index (χ1) is 9.49. The van der Waals surface area contributed by atoms with Gasteiger partial charge in [0.05, 0.1) is 11.0 Å². The predicted octanol–water partition coefficient (Wildman–Crippen LogP) is 1.71. The Morgan fingerprint density at radius 3 is 2.90 bits per heavy atom. The highest BCUT2D eigenvalue weighted by molar-refractivity contribution is 5.40. The first-order valence-electron chi connectivity index (χ1n) is 5.99. The number of hydrogen-bond donors (Lipinski definition) is 1. The van der Waals surface area contributed by atoms with Gasteiger partial charge in [-0.2, -0.15) is 0 Å². The number of nitrogens with one attached hydrogen (secondary N) is 1. The predicted molar refractivity (Wildman–Crippen MR) is 69.3 cm³/mol. The minimum atomic E-state index is -0.524. The summed E-state index contributed by atoms with van der Waals surface area (Å²) in [6, 6.07) is 3.24. The third-order valence-corrected chi connectivity index (χ3v) is 2.97. The summed E-state index contributed by atoms with van der Waals surface area (Å²) in [5.41, 5.74) is 0.188. The zero-order valence-corrected chi connectivity index (χ0v) is 11.1. The number of aryl methyl sites for hydroxylation is 1. The van der Waals surface area contributed by atoms with Crippen molar-refractivity contribution in [3.8, 4) is 0 Å². The van der Waals surface area contributed by atoms with Crippen LogP contribution in [0.4, 0.5) is 10.1 Å². The minimum Gasteiger partial charge on any atom is -0.319 e. The molecule has 2 rings (SSSR count). The first-order valence-corrected chi connectivity index (χ1v) is 5.99. The summed E-state index contributed by atoms with van der Waals surface area (Å²) in [4.78, 5) is 10.4. The quantitative estimate of drug-likeness (QED) is 0.665. The molecule has 2 aromatic rings. The molecular weight excluding hydrogens is 265 g/mol. The van der Waals surface area contributed by atoms with E-state index in [-0.39, 0.29) is 18.3 Å². The van der Waals surface area contributed by atoms with E-state index in [0.717, 1.165) is 12.1 Å². The Morgan fingerprint density at radius 2 is 2.30 bits per heavy atom. The first kappa shape index (κ1) is 14.1. The van der Waals surface area contributed by atoms with Gasteiger partial charge in [0.1, 0.15) is 18.0 Å². The van der Waals surface area contributed by atoms with E-state index in [1.54, 1.807) is 17.9 Å². The van der Waals surface area contributed by atoms with E-state index in [2.05, 4.69) is 15.5 Å². The van der Waals surface area contributed by atoms with E-state index < -0.39 is 10.7 Å². The van der Waals surface area contributed by atoms with Crippen LogP contribution in [0.3, 0.4) is 0 Å². The fraction of sp³-hybridized carbons (Fsp3) is 0.333. The Morgan fingerprint density at radius 1 is 1.55 bits per heavy atom. The summed E-state index contributed by atoms with van der Waals surface area (Å²) in [5.74, 6) is 0.197. The highest BCUT2D eigenvalue weighted by Crippen LogP contribution is 2.20. The normalized spacial score (nSPS) is 12.3. The van der Waals surface area contributed by atoms with E-state index in [9.17, 15) is 14.5 Å². The molecule has 106 valence electrons. The van der Waals surface area contributed by atoms with E-state index in [1.165, 1.54) is 6.07 Å². The summed E-state index contributed by atoms with van der Waals surface area (Å²) in [6.45, 7) is 2.03. The van der Waals surface area contributed by atoms with Crippen LogP contribution in [0, 0.1) is 15.9 Å². The van der Waals surface area contributed by atoms with E-state index in [0.29, 0.717) is 11.4 Å². The van der Waals surface area contributed by atoms with Gasteiger partial charge in [0, 0.05) is 25.2 Å². The van der Waals surface area contributed by atoms with Crippen molar-refractivity contribution in [1.82, 2.24) is 20.1 Å². The molecule has 1 N–H and O–H groups in total. The van der Waals surface area contributed by atoms with Crippen LogP contribution >= 0.6 is 0 Å². The molecule has 0 aliphatic heterocycles. The highest BCUT2D eigenvalue weighted by Gasteiger charge is 2.16. The van der Waals surface area contributed by atoms with Crippen molar-refractivity contribution in [2.45, 2.75) is 19.5 Å². The molecule has 0 radical (unpaired) electrons. The van der Waals surface area contributed by atoms with Crippen molar-refractivity contribution in [3.63, 3.8) is 0 Å². The zero-order valence-electron chi connectivity index (χ0n) is 11.1. The van der Waals surface area contributed by atoms with Gasteiger partial charge < -0.3 is 9.88 Å². The summed E-state index contributed by atoms with van der Waals surface area (Å²) in [5, 5.41) is 21.7. The smallest absolute Gasteiger partial charge is 0.274 e. The number of nitro groups is 1. The van der Waals surface area contributed by atoms with Gasteiger partial charge in [-0.15, -0.1) is 10.2 Å². The maximum absolute atomic E-state index is 13.2. The average Bonchev–Trinajstić information content (AvgIpc) is 2.82. The van der Waals surface area contributed by atoms with Crippen LogP contribution in [0.15, 0.2) is 24.5 Å². The molecule has 1 unspecified atom stereocenters. The summed E-state index contributed by atoms with van der Waals surface area (Å²) >= 11 is 0. The lowest BCUT2D eigenvalue weighted by Crippen LogP contribution is -2.21. The van der Waals surface area contributed by atoms with Gasteiger partial charge in [-0.25, -0.2) is 4.39 Å². The lowest BCUT2D eigenvalue weighted by atomic mass is 10.1. The van der Waals surface area contributed by atoms with E-state index in [4.69, 9.17) is 0 Å². The number of rotatable bonds is 5. The molecule has 1 atom stereocenters. The Balaban J connectivity index is 2.13. The van der Waals surface area contributed by atoms with Gasteiger partial charge in [-0.05, 0) is 19.1 Å². The number of nitro benzene ring substituents is 1. The van der Waals surface area contributed by atoms with Crippen molar-refractivity contribution >= 4 is 5.69 Å². The van der Waals surface area contributed by atoms with Crippen molar-refractivity contribution < 1.29 is 9.31 Å². The SMILES string of the molecule is CC(NCc1cc(F)ccc1[N+](=O)[O-])c1nncn1C. The van der Waals surface area contributed by atoms with Crippen LogP contribution in [0.25, 0.3) is 0 Å². The number of aromatic nitrogens is 3. The second kappa shape index (κ2) is 5.74. The van der Waals surface area contributed by atoms with Gasteiger partial charge in [0.2, 0.25) is 0 Å². The van der Waals surface area contributed by atoms with Crippen molar-refractivity contribution in [3.05, 3.63) is 51.8 Å². The molecule has 1 aromatic carbocycles. The molecule has 0 saturated heterocycles. The van der Waals surface area contributed by atoms with Crippen LogP contribution in [-0.4, -0.2) is 19.7 Å². The molecule has 0 bridgehead atoms. The van der Waals surface area contributed by atoms with Crippen LogP contribution in [0.1, 0.15) is 24.4 Å². The van der Waals surface area contributed by atoms with Gasteiger partial charge in [-0.1, -0.05) is 0 Å². The lowest BCUT2D eigenvalue weighted by Gasteiger charge is -2.13. The molecule has 1 aromatic heterocycles. The largest absolute Gasteiger partial charge is 0.319 e. The molecule has 7 nitrogen and oxygen atoms in total. The maximum atomic E-state index is 13.2. The lowest BCUT2D eigenvalue weighted by molar-refractivity contribution is -0.385. The molecule has 8 heteroatoms. The number of nitrogens with zero attached hydrogens (tertiary/aromatic N) is 4. The maximum Gasteiger partial charge on any atom is 0.274 e. The second-order valence-electron chi connectivity index (χ2n) is 4.43. The standard InChI is InChI=1S/C12H14FN5O2/c1-8(12-16-15-7-17(12)2)14-6-9-5-10(13)3-4-11(9)18(19)20/h3-5,7-8,14H,6H2,1-2H3. The van der Waals surface area contributed by atoms with Crippen molar-refractivity contribution in [1.29, 1.82) is 0 Å². The molecule has 0 aliphatic carbocycles. The van der Waals surface area contributed by atoms with Crippen LogP contribution in [0.2, 0.25) is 0 Å². The molecule has 20 heavy (non-hydrogen) atoms. The molecule has 0 saturated carbocycles. The van der Waals surface area contributed by atoms with Crippen molar-refractivity contribution in [2.24, 2.45) is 7.05 Å². The molecule has 0 amide bonds. The Labute approximate surface area is 114 Å². The molecule has 0 fully saturated rings. The second-order valence-corrected chi connectivity index (χ2v) is 4.43. The monoisotopic (exact) mass is 279 g/mol. The van der Waals surface area contributed by atoms with E-state index >= 15 is 0 Å². The Hall–Kier alpha value is -2.35. The van der Waals surface area contributed by atoms with Gasteiger partial charge in [0.25, 0.3) is 5.69 Å². The highest BCUT2D eigenvalue weighted by atomic mass is 19.1. The third-order valence-electron chi connectivity index (χ3n) is 2.97. The van der Waals surface area contributed by atoms with Gasteiger partial charge in [0.15, 0.2) is 0 Å². The van der Waals surface area contributed by atoms with E-state index in [1.807, 2.05) is 6.92 Å². The number of benzene rings is 1. The summed E-state index contributed by atoms with van der Waals surface area (Å²) in [7, 11) is 1.80. The third kappa shape index (κ3) is 2.97. The van der Waals surface area contributed by atoms with Crippen LogP contribution < -0.4 is 5.32 Å². The molecular formula is C12H14FN5O2. The molecule has 0 aliphatic rings. The fourth-order valence-electron chi connectivity index (χ4n) is 1.91. The van der Waals surface area contributed by atoms with Crippen LogP contribution in [-0.2, 0) is 13.6 Å². The zero-order chi connectivity index (χ0) is 14.7. The summed E-state index contributed by atoms with van der Waals surface area (Å²) < 4.78 is 14.9.